The molecule has 150 valence electrons. The number of nitrogens with one attached hydrogen (secondary N) is 2. The van der Waals surface area contributed by atoms with Gasteiger partial charge in [0.2, 0.25) is 0 Å². The summed E-state index contributed by atoms with van der Waals surface area (Å²) in [4.78, 5) is 5.22. The van der Waals surface area contributed by atoms with Crippen LogP contribution >= 0.6 is 35.7 Å². The Labute approximate surface area is 178 Å². The van der Waals surface area contributed by atoms with Crippen molar-refractivity contribution in [1.82, 2.24) is 20.4 Å². The molecule has 0 saturated heterocycles. The summed E-state index contributed by atoms with van der Waals surface area (Å²) in [6.07, 6.45) is -1.12. The number of aryl methyl sites for hydroxylation is 2. The molecule has 5 nitrogen and oxygen atoms in total. The fraction of sp³-hybridized carbons (Fsp3) is 0.412. The quantitative estimate of drug-likeness (QED) is 0.275. The Morgan fingerprint density at radius 2 is 1.85 bits per heavy atom. The Hall–Kier alpha value is -1.43. The molecule has 10 heteroatoms. The molecule has 1 heterocycles. The van der Waals surface area contributed by atoms with Gasteiger partial charge in [0.05, 0.1) is 0 Å². The van der Waals surface area contributed by atoms with Crippen LogP contribution in [0.4, 0.5) is 13.2 Å². The van der Waals surface area contributed by atoms with Crippen molar-refractivity contribution in [2.45, 2.75) is 31.1 Å². The first-order valence-electron chi connectivity index (χ1n) is 7.92. The second-order valence-corrected chi connectivity index (χ2v) is 6.62. The lowest BCUT2D eigenvalue weighted by atomic mass is 10.1. The minimum absolute atomic E-state index is 0. The summed E-state index contributed by atoms with van der Waals surface area (Å²) in [7, 11) is 3.04. The van der Waals surface area contributed by atoms with Crippen molar-refractivity contribution in [3.63, 3.8) is 0 Å². The third kappa shape index (κ3) is 6.59. The molecule has 0 aliphatic carbocycles. The van der Waals surface area contributed by atoms with Crippen molar-refractivity contribution >= 4 is 41.7 Å². The number of alkyl halides is 3. The van der Waals surface area contributed by atoms with Gasteiger partial charge in [-0.3, -0.25) is 9.67 Å². The summed E-state index contributed by atoms with van der Waals surface area (Å²) in [6.45, 7) is 2.53. The number of rotatable bonds is 5. The van der Waals surface area contributed by atoms with Gasteiger partial charge < -0.3 is 10.6 Å². The molecule has 0 amide bonds. The molecule has 0 aliphatic rings. The number of aromatic nitrogens is 2. The van der Waals surface area contributed by atoms with E-state index in [0.717, 1.165) is 15.1 Å². The molecule has 0 radical (unpaired) electrons. The Kier molecular flexibility index (Phi) is 8.92. The van der Waals surface area contributed by atoms with Gasteiger partial charge in [0.15, 0.2) is 11.7 Å². The number of aliphatic imine (C=N–C) groups is 1. The van der Waals surface area contributed by atoms with Crippen LogP contribution in [-0.2, 0) is 26.3 Å². The second-order valence-electron chi connectivity index (χ2n) is 5.77. The molecule has 2 N–H and O–H groups in total. The zero-order valence-electron chi connectivity index (χ0n) is 15.5. The van der Waals surface area contributed by atoms with Gasteiger partial charge in [-0.15, -0.1) is 35.7 Å². The average Bonchev–Trinajstić information content (AvgIpc) is 2.97. The van der Waals surface area contributed by atoms with E-state index in [0.29, 0.717) is 12.5 Å². The van der Waals surface area contributed by atoms with Gasteiger partial charge in [0, 0.05) is 43.8 Å². The Bertz CT molecular complexity index is 789. The van der Waals surface area contributed by atoms with Crippen LogP contribution in [0, 0.1) is 6.92 Å². The van der Waals surface area contributed by atoms with Crippen LogP contribution in [0.25, 0.3) is 0 Å². The van der Waals surface area contributed by atoms with Crippen molar-refractivity contribution in [1.29, 1.82) is 0 Å². The zero-order valence-corrected chi connectivity index (χ0v) is 18.7. The van der Waals surface area contributed by atoms with Crippen LogP contribution in [0.5, 0.6) is 0 Å². The van der Waals surface area contributed by atoms with Gasteiger partial charge in [-0.1, -0.05) is 12.1 Å². The SMILES string of the molecule is CN=C(NCc1ccc(C)cc1SC)NCc1cn(C)nc1C(F)(F)F.I. The number of hydrogen-bond acceptors (Lipinski definition) is 3. The van der Waals surface area contributed by atoms with Crippen molar-refractivity contribution in [3.05, 3.63) is 46.8 Å². The Morgan fingerprint density at radius 3 is 2.41 bits per heavy atom. The zero-order chi connectivity index (χ0) is 19.3. The summed E-state index contributed by atoms with van der Waals surface area (Å²) in [5.41, 5.74) is 1.47. The summed E-state index contributed by atoms with van der Waals surface area (Å²) in [5.74, 6) is 0.426. The molecule has 1 aromatic carbocycles. The molecule has 2 aromatic rings. The summed E-state index contributed by atoms with van der Waals surface area (Å²) in [6, 6.07) is 6.16. The van der Waals surface area contributed by atoms with Crippen LogP contribution in [-0.4, -0.2) is 29.0 Å². The van der Waals surface area contributed by atoms with Crippen molar-refractivity contribution < 1.29 is 13.2 Å². The van der Waals surface area contributed by atoms with E-state index in [1.54, 1.807) is 18.8 Å². The number of benzene rings is 1. The largest absolute Gasteiger partial charge is 0.435 e. The van der Waals surface area contributed by atoms with Gasteiger partial charge >= 0.3 is 6.18 Å². The number of hydrogen-bond donors (Lipinski definition) is 2. The summed E-state index contributed by atoms with van der Waals surface area (Å²) >= 11 is 1.65. The van der Waals surface area contributed by atoms with E-state index in [2.05, 4.69) is 26.8 Å². The Morgan fingerprint density at radius 1 is 1.22 bits per heavy atom. The smallest absolute Gasteiger partial charge is 0.352 e. The van der Waals surface area contributed by atoms with Crippen molar-refractivity contribution in [2.75, 3.05) is 13.3 Å². The van der Waals surface area contributed by atoms with Crippen molar-refractivity contribution in [2.24, 2.45) is 12.0 Å². The molecular formula is C17H23F3IN5S. The predicted molar refractivity (Wildman–Crippen MR) is 114 cm³/mol. The van der Waals surface area contributed by atoms with Crippen LogP contribution in [0.2, 0.25) is 0 Å². The first-order valence-corrected chi connectivity index (χ1v) is 9.14. The lowest BCUT2D eigenvalue weighted by Crippen LogP contribution is -2.36. The van der Waals surface area contributed by atoms with Gasteiger partial charge in [-0.25, -0.2) is 0 Å². The molecule has 0 atom stereocenters. The highest BCUT2D eigenvalue weighted by molar-refractivity contribution is 14.0. The number of thioether (sulfide) groups is 1. The van der Waals surface area contributed by atoms with Crippen molar-refractivity contribution in [3.8, 4) is 0 Å². The fourth-order valence-corrected chi connectivity index (χ4v) is 3.19. The number of guanidine groups is 1. The Balaban J connectivity index is 0.00000364. The molecule has 0 saturated carbocycles. The average molecular weight is 513 g/mol. The van der Waals surface area contributed by atoms with E-state index in [1.165, 1.54) is 18.8 Å². The van der Waals surface area contributed by atoms with E-state index in [-0.39, 0.29) is 36.1 Å². The minimum atomic E-state index is -4.48. The minimum Gasteiger partial charge on any atom is -0.352 e. The van der Waals surface area contributed by atoms with Gasteiger partial charge in [0.1, 0.15) is 0 Å². The molecule has 0 bridgehead atoms. The van der Waals surface area contributed by atoms with Crippen LogP contribution in [0.1, 0.15) is 22.4 Å². The highest BCUT2D eigenvalue weighted by Crippen LogP contribution is 2.30. The maximum atomic E-state index is 13.0. The predicted octanol–water partition coefficient (Wildman–Crippen LogP) is 3.95. The highest BCUT2D eigenvalue weighted by Gasteiger charge is 2.36. The first-order chi connectivity index (χ1) is 12.2. The van der Waals surface area contributed by atoms with Gasteiger partial charge in [0.25, 0.3) is 0 Å². The molecule has 0 unspecified atom stereocenters. The van der Waals surface area contributed by atoms with Gasteiger partial charge in [-0.2, -0.15) is 18.3 Å². The van der Waals surface area contributed by atoms with E-state index in [1.807, 2.05) is 25.3 Å². The lowest BCUT2D eigenvalue weighted by molar-refractivity contribution is -0.142. The molecule has 0 aliphatic heterocycles. The highest BCUT2D eigenvalue weighted by atomic mass is 127. The maximum Gasteiger partial charge on any atom is 0.435 e. The molecule has 2 rings (SSSR count). The monoisotopic (exact) mass is 513 g/mol. The molecule has 1 aromatic heterocycles. The topological polar surface area (TPSA) is 54.2 Å². The van der Waals surface area contributed by atoms with E-state index in [4.69, 9.17) is 0 Å². The van der Waals surface area contributed by atoms with Gasteiger partial charge in [-0.05, 0) is 30.4 Å². The molecule has 27 heavy (non-hydrogen) atoms. The normalized spacial score (nSPS) is 11.9. The molecule has 0 spiro atoms. The van der Waals surface area contributed by atoms with Crippen LogP contribution in [0.3, 0.4) is 0 Å². The number of halogens is 4. The number of nitrogens with zero attached hydrogens (tertiary/aromatic N) is 3. The van der Waals surface area contributed by atoms with E-state index in [9.17, 15) is 13.2 Å². The summed E-state index contributed by atoms with van der Waals surface area (Å²) in [5, 5.41) is 9.54. The van der Waals surface area contributed by atoms with Crippen LogP contribution in [0.15, 0.2) is 34.3 Å². The second kappa shape index (κ2) is 10.2. The van der Waals surface area contributed by atoms with E-state index < -0.39 is 11.9 Å². The lowest BCUT2D eigenvalue weighted by Gasteiger charge is -2.14. The van der Waals surface area contributed by atoms with E-state index >= 15 is 0 Å². The first kappa shape index (κ1) is 23.6. The van der Waals surface area contributed by atoms with Crippen LogP contribution < -0.4 is 10.6 Å². The fourth-order valence-electron chi connectivity index (χ4n) is 2.48. The third-order valence-corrected chi connectivity index (χ3v) is 4.55. The molecular weight excluding hydrogens is 490 g/mol. The maximum absolute atomic E-state index is 13.0. The third-order valence-electron chi connectivity index (χ3n) is 3.73. The summed E-state index contributed by atoms with van der Waals surface area (Å²) < 4.78 is 40.2. The standard InChI is InChI=1S/C17H22F3N5S.HI/c1-11-5-6-12(14(7-11)26-4)8-22-16(21-2)23-9-13-10-25(3)24-15(13)17(18,19)20;/h5-7,10H,8-9H2,1-4H3,(H2,21,22,23);1H. The molecule has 0 fully saturated rings.